The Kier molecular flexibility index (Phi) is 7.38. The molecule has 2 aromatic rings. The number of anilines is 1. The molecule has 1 aliphatic carbocycles. The molecule has 2 unspecified atom stereocenters. The number of rotatable bonds is 6. The van der Waals surface area contributed by atoms with Crippen molar-refractivity contribution in [1.29, 1.82) is 0 Å². The number of carbonyl (C=O) groups is 2. The zero-order valence-corrected chi connectivity index (χ0v) is 20.6. The molecule has 1 heterocycles. The van der Waals surface area contributed by atoms with Crippen molar-refractivity contribution in [2.75, 3.05) is 18.4 Å². The predicted octanol–water partition coefficient (Wildman–Crippen LogP) is 4.28. The van der Waals surface area contributed by atoms with Gasteiger partial charge in [0.1, 0.15) is 0 Å². The Labute approximate surface area is 202 Å². The van der Waals surface area contributed by atoms with Crippen LogP contribution in [0.3, 0.4) is 0 Å². The molecule has 2 atom stereocenters. The van der Waals surface area contributed by atoms with Gasteiger partial charge in [0.25, 0.3) is 11.8 Å². The molecule has 7 nitrogen and oxygen atoms in total. The molecular formula is C26H33N3O4S. The lowest BCUT2D eigenvalue weighted by molar-refractivity contribution is 0.0938. The summed E-state index contributed by atoms with van der Waals surface area (Å²) in [6, 6.07) is 13.1. The van der Waals surface area contributed by atoms with E-state index in [1.165, 1.54) is 16.4 Å². The van der Waals surface area contributed by atoms with E-state index in [9.17, 15) is 18.0 Å². The number of sulfonamides is 1. The van der Waals surface area contributed by atoms with Crippen LogP contribution in [0.5, 0.6) is 0 Å². The van der Waals surface area contributed by atoms with E-state index in [0.29, 0.717) is 24.3 Å². The smallest absolute Gasteiger partial charge is 0.255 e. The molecule has 1 aliphatic heterocycles. The van der Waals surface area contributed by atoms with Crippen molar-refractivity contribution in [3.63, 3.8) is 0 Å². The summed E-state index contributed by atoms with van der Waals surface area (Å²) in [5.41, 5.74) is 1.02. The summed E-state index contributed by atoms with van der Waals surface area (Å²) < 4.78 is 28.0. The molecule has 1 saturated heterocycles. The van der Waals surface area contributed by atoms with Gasteiger partial charge in [-0.15, -0.1) is 0 Å². The van der Waals surface area contributed by atoms with Crippen molar-refractivity contribution in [2.45, 2.75) is 56.9 Å². The fourth-order valence-corrected chi connectivity index (χ4v) is 6.79. The van der Waals surface area contributed by atoms with Gasteiger partial charge in [-0.1, -0.05) is 44.9 Å². The Bertz CT molecular complexity index is 1150. The van der Waals surface area contributed by atoms with E-state index in [1.807, 2.05) is 0 Å². The number of benzene rings is 2. The molecule has 34 heavy (non-hydrogen) atoms. The Morgan fingerprint density at radius 1 is 0.912 bits per heavy atom. The van der Waals surface area contributed by atoms with Gasteiger partial charge in [-0.25, -0.2) is 8.42 Å². The minimum absolute atomic E-state index is 0.105. The van der Waals surface area contributed by atoms with Gasteiger partial charge >= 0.3 is 0 Å². The normalized spacial score (nSPS) is 21.8. The van der Waals surface area contributed by atoms with Crippen molar-refractivity contribution in [3.05, 3.63) is 59.7 Å². The molecule has 4 rings (SSSR count). The number of hydrogen-bond donors (Lipinski definition) is 2. The molecule has 2 N–H and O–H groups in total. The van der Waals surface area contributed by atoms with Crippen molar-refractivity contribution < 1.29 is 18.0 Å². The molecule has 0 bridgehead atoms. The molecule has 2 amide bonds. The van der Waals surface area contributed by atoms with Crippen molar-refractivity contribution in [3.8, 4) is 0 Å². The molecule has 2 aromatic carbocycles. The van der Waals surface area contributed by atoms with Crippen LogP contribution in [0, 0.1) is 11.8 Å². The number of nitrogens with zero attached hydrogens (tertiary/aromatic N) is 1. The Morgan fingerprint density at radius 3 is 2.29 bits per heavy atom. The quantitative estimate of drug-likeness (QED) is 0.641. The summed E-state index contributed by atoms with van der Waals surface area (Å²) in [7, 11) is -3.70. The van der Waals surface area contributed by atoms with E-state index in [2.05, 4.69) is 24.5 Å². The first-order valence-electron chi connectivity index (χ1n) is 12.1. The highest BCUT2D eigenvalue weighted by Gasteiger charge is 2.32. The topological polar surface area (TPSA) is 95.6 Å². The van der Waals surface area contributed by atoms with E-state index >= 15 is 0 Å². The molecule has 1 saturated carbocycles. The molecule has 0 radical (unpaired) electrons. The van der Waals surface area contributed by atoms with E-state index in [-0.39, 0.29) is 34.2 Å². The van der Waals surface area contributed by atoms with Gasteiger partial charge < -0.3 is 10.6 Å². The van der Waals surface area contributed by atoms with Crippen LogP contribution in [0.2, 0.25) is 0 Å². The summed E-state index contributed by atoms with van der Waals surface area (Å²) in [6.07, 6.45) is 5.16. The molecule has 0 spiro atoms. The van der Waals surface area contributed by atoms with Gasteiger partial charge in [-0.05, 0) is 61.4 Å². The first-order valence-corrected chi connectivity index (χ1v) is 13.5. The van der Waals surface area contributed by atoms with Gasteiger partial charge in [-0.3, -0.25) is 9.59 Å². The van der Waals surface area contributed by atoms with Crippen LogP contribution in [0.25, 0.3) is 0 Å². The zero-order chi connectivity index (χ0) is 24.3. The Balaban J connectivity index is 1.52. The molecule has 2 fully saturated rings. The molecular weight excluding hydrogens is 450 g/mol. The average molecular weight is 484 g/mol. The molecule has 8 heteroatoms. The lowest BCUT2D eigenvalue weighted by atomic mass is 9.94. The second kappa shape index (κ2) is 10.3. The van der Waals surface area contributed by atoms with E-state index in [1.54, 1.807) is 36.4 Å². The second-order valence-electron chi connectivity index (χ2n) is 9.75. The fourth-order valence-electron chi connectivity index (χ4n) is 5.07. The Hall–Kier alpha value is -2.71. The van der Waals surface area contributed by atoms with Crippen LogP contribution >= 0.6 is 0 Å². The SMILES string of the molecule is CC1CC(C)CN(S(=O)(=O)c2cccc(C(=O)Nc3ccccc3C(=O)NC3CCCC3)c2)C1. The second-order valence-corrected chi connectivity index (χ2v) is 11.7. The summed E-state index contributed by atoms with van der Waals surface area (Å²) in [5.74, 6) is -0.0974. The van der Waals surface area contributed by atoms with E-state index in [4.69, 9.17) is 0 Å². The highest BCUT2D eigenvalue weighted by Crippen LogP contribution is 2.27. The standard InChI is InChI=1S/C26H33N3O4S/c1-18-14-19(2)17-29(16-18)34(32,33)22-11-7-8-20(15-22)25(30)28-24-13-6-5-12-23(24)26(31)27-21-9-3-4-10-21/h5-8,11-13,15,18-19,21H,3-4,9-10,14,16-17H2,1-2H3,(H,27,31)(H,28,30). The van der Waals surface area contributed by atoms with Crippen LogP contribution in [0.1, 0.15) is 66.7 Å². The third-order valence-electron chi connectivity index (χ3n) is 6.68. The average Bonchev–Trinajstić information content (AvgIpc) is 3.32. The van der Waals surface area contributed by atoms with Crippen molar-refractivity contribution in [2.24, 2.45) is 11.8 Å². The summed E-state index contributed by atoms with van der Waals surface area (Å²) in [5, 5.41) is 5.84. The highest BCUT2D eigenvalue weighted by molar-refractivity contribution is 7.89. The fraction of sp³-hybridized carbons (Fsp3) is 0.462. The van der Waals surface area contributed by atoms with Crippen molar-refractivity contribution >= 4 is 27.5 Å². The van der Waals surface area contributed by atoms with Crippen molar-refractivity contribution in [1.82, 2.24) is 9.62 Å². The van der Waals surface area contributed by atoms with Crippen LogP contribution in [0.15, 0.2) is 53.4 Å². The van der Waals surface area contributed by atoms with Gasteiger partial charge in [0.15, 0.2) is 0 Å². The van der Waals surface area contributed by atoms with Crippen LogP contribution in [0.4, 0.5) is 5.69 Å². The number of hydrogen-bond acceptors (Lipinski definition) is 4. The van der Waals surface area contributed by atoms with Gasteiger partial charge in [0.2, 0.25) is 10.0 Å². The lowest BCUT2D eigenvalue weighted by Crippen LogP contribution is -2.42. The molecule has 2 aliphatic rings. The maximum absolute atomic E-state index is 13.3. The lowest BCUT2D eigenvalue weighted by Gasteiger charge is -2.34. The number of carbonyl (C=O) groups excluding carboxylic acids is 2. The summed E-state index contributed by atoms with van der Waals surface area (Å²) >= 11 is 0. The van der Waals surface area contributed by atoms with E-state index < -0.39 is 15.9 Å². The monoisotopic (exact) mass is 483 g/mol. The molecule has 0 aromatic heterocycles. The largest absolute Gasteiger partial charge is 0.349 e. The maximum Gasteiger partial charge on any atom is 0.255 e. The van der Waals surface area contributed by atoms with Gasteiger partial charge in [0, 0.05) is 24.7 Å². The minimum atomic E-state index is -3.70. The Morgan fingerprint density at radius 2 is 1.59 bits per heavy atom. The van der Waals surface area contributed by atoms with Crippen LogP contribution in [-0.4, -0.2) is 43.7 Å². The number of piperidine rings is 1. The van der Waals surface area contributed by atoms with E-state index in [0.717, 1.165) is 32.1 Å². The highest BCUT2D eigenvalue weighted by atomic mass is 32.2. The third kappa shape index (κ3) is 5.50. The first-order chi connectivity index (χ1) is 16.2. The van der Waals surface area contributed by atoms with Gasteiger partial charge in [-0.2, -0.15) is 4.31 Å². The molecule has 182 valence electrons. The maximum atomic E-state index is 13.3. The first kappa shape index (κ1) is 24.4. The summed E-state index contributed by atoms with van der Waals surface area (Å²) in [4.78, 5) is 26.0. The predicted molar refractivity (Wildman–Crippen MR) is 132 cm³/mol. The number of para-hydroxylation sites is 1. The zero-order valence-electron chi connectivity index (χ0n) is 19.8. The van der Waals surface area contributed by atoms with Crippen LogP contribution < -0.4 is 10.6 Å². The summed E-state index contributed by atoms with van der Waals surface area (Å²) in [6.45, 7) is 5.07. The third-order valence-corrected chi connectivity index (χ3v) is 8.51. The number of amides is 2. The van der Waals surface area contributed by atoms with Gasteiger partial charge in [0.05, 0.1) is 16.1 Å². The van der Waals surface area contributed by atoms with Crippen LogP contribution in [-0.2, 0) is 10.0 Å². The number of nitrogens with one attached hydrogen (secondary N) is 2. The minimum Gasteiger partial charge on any atom is -0.349 e.